The molecule has 0 bridgehead atoms. The van der Waals surface area contributed by atoms with Crippen LogP contribution >= 0.6 is 15.9 Å². The number of nitrogens with one attached hydrogen (secondary N) is 1. The highest BCUT2D eigenvalue weighted by Crippen LogP contribution is 2.46. The van der Waals surface area contributed by atoms with Crippen molar-refractivity contribution in [3.63, 3.8) is 0 Å². The first-order valence-electron chi connectivity index (χ1n) is 10.9. The highest BCUT2D eigenvalue weighted by molar-refractivity contribution is 9.10. The minimum atomic E-state index is -0.539. The molecule has 1 amide bonds. The van der Waals surface area contributed by atoms with Crippen LogP contribution in [-0.2, 0) is 4.74 Å². The van der Waals surface area contributed by atoms with Crippen LogP contribution in [0.2, 0.25) is 0 Å². The summed E-state index contributed by atoms with van der Waals surface area (Å²) in [7, 11) is 0. The van der Waals surface area contributed by atoms with Crippen LogP contribution in [0.15, 0.2) is 33.9 Å². The van der Waals surface area contributed by atoms with Crippen molar-refractivity contribution in [2.24, 2.45) is 16.8 Å². The number of fused-ring (bicyclic) bond motifs is 1. The number of H-pyrrole nitrogens is 1. The van der Waals surface area contributed by atoms with Crippen molar-refractivity contribution < 1.29 is 9.53 Å². The molecule has 0 saturated carbocycles. The zero-order valence-corrected chi connectivity index (χ0v) is 20.4. The van der Waals surface area contributed by atoms with E-state index < -0.39 is 11.5 Å². The Morgan fingerprint density at radius 3 is 2.61 bits per heavy atom. The Morgan fingerprint density at radius 1 is 1.24 bits per heavy atom. The second kappa shape index (κ2) is 8.99. The molecule has 0 spiro atoms. The molecule has 1 aromatic carbocycles. The molecule has 0 aliphatic carbocycles. The Morgan fingerprint density at radius 2 is 1.97 bits per heavy atom. The number of carbonyl (C=O) groups excluding carboxylic acids is 1. The summed E-state index contributed by atoms with van der Waals surface area (Å²) in [5.74, 6) is -0.100. The van der Waals surface area contributed by atoms with Crippen molar-refractivity contribution in [1.29, 1.82) is 10.5 Å². The van der Waals surface area contributed by atoms with Crippen molar-refractivity contribution in [2.45, 2.75) is 45.1 Å². The molecule has 2 aromatic rings. The van der Waals surface area contributed by atoms with E-state index in [9.17, 15) is 15.3 Å². The molecule has 2 unspecified atom stereocenters. The molecule has 2 aliphatic heterocycles. The van der Waals surface area contributed by atoms with Crippen molar-refractivity contribution in [2.75, 3.05) is 13.1 Å². The topological polar surface area (TPSA) is 118 Å². The van der Waals surface area contributed by atoms with Crippen LogP contribution in [0.1, 0.15) is 56.2 Å². The lowest BCUT2D eigenvalue weighted by atomic mass is 9.73. The first kappa shape index (κ1) is 23.0. The van der Waals surface area contributed by atoms with Gasteiger partial charge in [-0.15, -0.1) is 0 Å². The number of nitrogens with zero attached hydrogens (tertiary/aromatic N) is 5. The third-order valence-corrected chi connectivity index (χ3v) is 6.95. The van der Waals surface area contributed by atoms with Gasteiger partial charge in [0.15, 0.2) is 5.82 Å². The molecule has 4 rings (SSSR count). The molecule has 2 aliphatic rings. The van der Waals surface area contributed by atoms with Crippen molar-refractivity contribution >= 4 is 33.6 Å². The molecule has 9 heteroatoms. The maximum atomic E-state index is 12.5. The highest BCUT2D eigenvalue weighted by atomic mass is 79.9. The predicted octanol–water partition coefficient (Wildman–Crippen LogP) is 5.05. The van der Waals surface area contributed by atoms with Crippen LogP contribution in [0.25, 0.3) is 0 Å². The summed E-state index contributed by atoms with van der Waals surface area (Å²) in [6.07, 6.45) is 2.80. The molecule has 0 radical (unpaired) electrons. The minimum Gasteiger partial charge on any atom is -0.444 e. The number of amides is 1. The van der Waals surface area contributed by atoms with E-state index in [0.717, 1.165) is 16.8 Å². The third-order valence-electron chi connectivity index (χ3n) is 6.06. The molecule has 1 aromatic heterocycles. The molecule has 1 fully saturated rings. The fraction of sp³-hybridized carbons (Fsp3) is 0.458. The van der Waals surface area contributed by atoms with Crippen molar-refractivity contribution in [3.05, 3.63) is 45.6 Å². The van der Waals surface area contributed by atoms with Gasteiger partial charge in [-0.05, 0) is 61.2 Å². The van der Waals surface area contributed by atoms with Crippen LogP contribution in [0.4, 0.5) is 10.6 Å². The van der Waals surface area contributed by atoms with E-state index in [0.29, 0.717) is 41.8 Å². The van der Waals surface area contributed by atoms with E-state index in [1.54, 1.807) is 17.2 Å². The molecule has 170 valence electrons. The number of nitriles is 2. The standard InChI is InChI=1S/C24H25BrN6O2/c1-24(2,3)33-23(32)31-9-7-14(8-10-31)21-17(12-27)19(18-13-28-30-22(18)29-21)16-6-4-5-15(11-26)20(16)25/h4-6,13-14,17,19H,7-10H2,1-3H3,(H,28,30). The molecule has 1 N–H and O–H groups in total. The van der Waals surface area contributed by atoms with Gasteiger partial charge in [-0.2, -0.15) is 15.6 Å². The maximum absolute atomic E-state index is 12.5. The van der Waals surface area contributed by atoms with E-state index in [4.69, 9.17) is 9.73 Å². The van der Waals surface area contributed by atoms with Gasteiger partial charge < -0.3 is 9.64 Å². The van der Waals surface area contributed by atoms with Gasteiger partial charge >= 0.3 is 6.09 Å². The summed E-state index contributed by atoms with van der Waals surface area (Å²) >= 11 is 3.58. The van der Waals surface area contributed by atoms with Crippen LogP contribution in [0.5, 0.6) is 0 Å². The largest absolute Gasteiger partial charge is 0.444 e. The van der Waals surface area contributed by atoms with Gasteiger partial charge in [0.25, 0.3) is 0 Å². The normalized spacial score (nSPS) is 20.9. The summed E-state index contributed by atoms with van der Waals surface area (Å²) in [6, 6.07) is 10.2. The van der Waals surface area contributed by atoms with Gasteiger partial charge in [-0.1, -0.05) is 12.1 Å². The summed E-state index contributed by atoms with van der Waals surface area (Å²) < 4.78 is 6.19. The van der Waals surface area contributed by atoms with Crippen LogP contribution in [0.3, 0.4) is 0 Å². The van der Waals surface area contributed by atoms with Gasteiger partial charge in [0.2, 0.25) is 0 Å². The smallest absolute Gasteiger partial charge is 0.410 e. The lowest BCUT2D eigenvalue weighted by molar-refractivity contribution is 0.0201. The van der Waals surface area contributed by atoms with Crippen LogP contribution in [-0.4, -0.2) is 45.6 Å². The van der Waals surface area contributed by atoms with E-state index in [1.807, 2.05) is 32.9 Å². The molecule has 8 nitrogen and oxygen atoms in total. The summed E-state index contributed by atoms with van der Waals surface area (Å²) in [4.78, 5) is 19.0. The predicted molar refractivity (Wildman–Crippen MR) is 126 cm³/mol. The number of hydrogen-bond acceptors (Lipinski definition) is 6. The minimum absolute atomic E-state index is 0.0604. The Kier molecular flexibility index (Phi) is 6.27. The average Bonchev–Trinajstić information content (AvgIpc) is 3.25. The molecule has 1 saturated heterocycles. The number of ether oxygens (including phenoxy) is 1. The number of aromatic nitrogens is 2. The van der Waals surface area contributed by atoms with E-state index in [-0.39, 0.29) is 17.9 Å². The SMILES string of the molecule is CC(C)(C)OC(=O)N1CCC(C2=Nc3[nH]ncc3C(c3cccc(C#N)c3Br)C2C#N)CC1. The van der Waals surface area contributed by atoms with Gasteiger partial charge in [-0.3, -0.25) is 5.10 Å². The number of carbonyl (C=O) groups is 1. The van der Waals surface area contributed by atoms with Crippen molar-refractivity contribution in [1.82, 2.24) is 15.1 Å². The number of benzene rings is 1. The van der Waals surface area contributed by atoms with Gasteiger partial charge in [0.1, 0.15) is 11.7 Å². The number of likely N-dealkylation sites (tertiary alicyclic amines) is 1. The third kappa shape index (κ3) is 4.51. The van der Waals surface area contributed by atoms with Crippen LogP contribution < -0.4 is 0 Å². The van der Waals surface area contributed by atoms with E-state index in [2.05, 4.69) is 38.3 Å². The van der Waals surface area contributed by atoms with Crippen LogP contribution in [0, 0.1) is 34.5 Å². The van der Waals surface area contributed by atoms with Gasteiger partial charge in [0.05, 0.1) is 23.7 Å². The number of piperidine rings is 1. The van der Waals surface area contributed by atoms with Gasteiger partial charge in [-0.25, -0.2) is 9.79 Å². The maximum Gasteiger partial charge on any atom is 0.410 e. The second-order valence-electron chi connectivity index (χ2n) is 9.36. The highest BCUT2D eigenvalue weighted by Gasteiger charge is 2.41. The molecule has 2 atom stereocenters. The number of hydrogen-bond donors (Lipinski definition) is 1. The molecular formula is C24H25BrN6O2. The molecular weight excluding hydrogens is 484 g/mol. The van der Waals surface area contributed by atoms with Gasteiger partial charge in [0, 0.05) is 40.7 Å². The Balaban J connectivity index is 1.63. The zero-order chi connectivity index (χ0) is 23.8. The Labute approximate surface area is 201 Å². The summed E-state index contributed by atoms with van der Waals surface area (Å²) in [6.45, 7) is 6.66. The fourth-order valence-electron chi connectivity index (χ4n) is 4.55. The number of rotatable bonds is 2. The molecule has 33 heavy (non-hydrogen) atoms. The number of aromatic amines is 1. The summed E-state index contributed by atoms with van der Waals surface area (Å²) in [5.41, 5.74) is 2.48. The van der Waals surface area contributed by atoms with Crippen molar-refractivity contribution in [3.8, 4) is 12.1 Å². The van der Waals surface area contributed by atoms with E-state index >= 15 is 0 Å². The first-order valence-corrected chi connectivity index (χ1v) is 11.7. The lowest BCUT2D eigenvalue weighted by Gasteiger charge is -2.37. The Bertz CT molecular complexity index is 1170. The zero-order valence-electron chi connectivity index (χ0n) is 18.8. The monoisotopic (exact) mass is 508 g/mol. The Hall–Kier alpha value is -3.17. The first-order chi connectivity index (χ1) is 15.7. The second-order valence-corrected chi connectivity index (χ2v) is 10.2. The number of halogens is 1. The quantitative estimate of drug-likeness (QED) is 0.608. The fourth-order valence-corrected chi connectivity index (χ4v) is 5.15. The number of aliphatic imine (C=N–C) groups is 1. The molecule has 3 heterocycles. The summed E-state index contributed by atoms with van der Waals surface area (Å²) in [5, 5.41) is 26.9. The average molecular weight is 509 g/mol. The lowest BCUT2D eigenvalue weighted by Crippen LogP contribution is -2.44. The van der Waals surface area contributed by atoms with E-state index in [1.165, 1.54) is 0 Å².